The van der Waals surface area contributed by atoms with Gasteiger partial charge in [0, 0.05) is 37.3 Å². The molecule has 2 aliphatic rings. The van der Waals surface area contributed by atoms with E-state index in [1.807, 2.05) is 0 Å². The van der Waals surface area contributed by atoms with Gasteiger partial charge in [-0.3, -0.25) is 25.1 Å². The lowest BCUT2D eigenvalue weighted by atomic mass is 10.0. The molecule has 2 aliphatic heterocycles. The van der Waals surface area contributed by atoms with E-state index >= 15 is 0 Å². The highest BCUT2D eigenvalue weighted by atomic mass is 19.4. The Morgan fingerprint density at radius 2 is 1.54 bits per heavy atom. The van der Waals surface area contributed by atoms with Gasteiger partial charge in [0.1, 0.15) is 0 Å². The van der Waals surface area contributed by atoms with Crippen molar-refractivity contribution in [2.75, 3.05) is 24.5 Å². The average molecular weight is 402 g/mol. The first-order valence-electron chi connectivity index (χ1n) is 9.14. The van der Waals surface area contributed by atoms with Crippen molar-refractivity contribution in [3.8, 4) is 0 Å². The number of anilines is 1. The lowest BCUT2D eigenvalue weighted by Gasteiger charge is -2.39. The highest BCUT2D eigenvalue weighted by Crippen LogP contribution is 2.44. The molecule has 1 aromatic rings. The molecular weight excluding hydrogens is 381 g/mol. The number of halogens is 3. The molecule has 28 heavy (non-hydrogen) atoms. The minimum Gasteiger partial charge on any atom is -0.360 e. The van der Waals surface area contributed by atoms with Gasteiger partial charge in [0.05, 0.1) is 15.4 Å². The van der Waals surface area contributed by atoms with E-state index in [0.29, 0.717) is 44.1 Å². The Morgan fingerprint density at radius 1 is 1.00 bits per heavy atom. The molecule has 1 unspecified atom stereocenters. The van der Waals surface area contributed by atoms with Gasteiger partial charge in [-0.2, -0.15) is 13.2 Å². The van der Waals surface area contributed by atoms with Gasteiger partial charge < -0.3 is 4.90 Å². The smallest absolute Gasteiger partial charge is 0.360 e. The van der Waals surface area contributed by atoms with Crippen molar-refractivity contribution < 1.29 is 23.0 Å². The molecular formula is C17H21F3N4O4. The third-order valence-corrected chi connectivity index (χ3v) is 5.64. The molecule has 0 amide bonds. The first kappa shape index (κ1) is 20.3. The predicted octanol–water partition coefficient (Wildman–Crippen LogP) is 3.97. The van der Waals surface area contributed by atoms with Crippen LogP contribution in [0.25, 0.3) is 0 Å². The van der Waals surface area contributed by atoms with Gasteiger partial charge in [0.25, 0.3) is 11.4 Å². The summed E-state index contributed by atoms with van der Waals surface area (Å²) in [6.07, 6.45) is -1.39. The first-order chi connectivity index (χ1) is 13.1. The van der Waals surface area contributed by atoms with Crippen molar-refractivity contribution in [1.82, 2.24) is 4.90 Å². The van der Waals surface area contributed by atoms with E-state index in [2.05, 4.69) is 11.8 Å². The van der Waals surface area contributed by atoms with E-state index < -0.39 is 33.0 Å². The van der Waals surface area contributed by atoms with E-state index in [1.165, 1.54) is 4.90 Å². The number of piperidine rings is 1. The van der Waals surface area contributed by atoms with Crippen molar-refractivity contribution in [3.05, 3.63) is 37.9 Å². The van der Waals surface area contributed by atoms with E-state index in [-0.39, 0.29) is 11.7 Å². The Morgan fingerprint density at radius 3 is 1.93 bits per heavy atom. The molecule has 0 saturated carbocycles. The Bertz CT molecular complexity index is 743. The van der Waals surface area contributed by atoms with Gasteiger partial charge in [-0.15, -0.1) is 0 Å². The molecule has 11 heteroatoms. The van der Waals surface area contributed by atoms with Gasteiger partial charge in [-0.1, -0.05) is 0 Å². The second-order valence-corrected chi connectivity index (χ2v) is 7.32. The van der Waals surface area contributed by atoms with Crippen LogP contribution in [0.5, 0.6) is 0 Å². The molecule has 0 aliphatic carbocycles. The number of hydrogen-bond donors (Lipinski definition) is 0. The highest BCUT2D eigenvalue weighted by Gasteiger charge is 2.40. The van der Waals surface area contributed by atoms with E-state index in [0.717, 1.165) is 19.4 Å². The molecule has 0 aromatic heterocycles. The topological polar surface area (TPSA) is 92.8 Å². The second-order valence-electron chi connectivity index (χ2n) is 7.32. The van der Waals surface area contributed by atoms with Crippen molar-refractivity contribution in [3.63, 3.8) is 0 Å². The lowest BCUT2D eigenvalue weighted by Crippen LogP contribution is -2.46. The Labute approximate surface area is 159 Å². The van der Waals surface area contributed by atoms with Crippen molar-refractivity contribution in [1.29, 1.82) is 0 Å². The largest absolute Gasteiger partial charge is 0.416 e. The van der Waals surface area contributed by atoms with Crippen LogP contribution in [0, 0.1) is 20.2 Å². The fourth-order valence-corrected chi connectivity index (χ4v) is 4.29. The van der Waals surface area contributed by atoms with Gasteiger partial charge in [0.2, 0.25) is 0 Å². The summed E-state index contributed by atoms with van der Waals surface area (Å²) in [6, 6.07) is 1.50. The van der Waals surface area contributed by atoms with Crippen LogP contribution in [0.4, 0.5) is 30.2 Å². The summed E-state index contributed by atoms with van der Waals surface area (Å²) in [5.41, 5.74) is -3.49. The standard InChI is InChI=1S/C17H21F3N4O4/c1-11-3-2-6-22(11)13-4-7-21(8-5-13)16-14(23(25)26)9-12(17(18,19)20)10-15(16)24(27)28/h9-11,13H,2-8H2,1H3. The van der Waals surface area contributed by atoms with E-state index in [4.69, 9.17) is 0 Å². The second kappa shape index (κ2) is 7.53. The van der Waals surface area contributed by atoms with Crippen LogP contribution >= 0.6 is 0 Å². The molecule has 8 nitrogen and oxygen atoms in total. The maximum atomic E-state index is 13.0. The normalized spacial score (nSPS) is 21.9. The fraction of sp³-hybridized carbons (Fsp3) is 0.647. The molecule has 2 fully saturated rings. The minimum atomic E-state index is -4.91. The molecule has 0 spiro atoms. The van der Waals surface area contributed by atoms with Crippen LogP contribution in [0.15, 0.2) is 12.1 Å². The number of hydrogen-bond acceptors (Lipinski definition) is 6. The molecule has 2 saturated heterocycles. The zero-order chi connectivity index (χ0) is 20.6. The van der Waals surface area contributed by atoms with Gasteiger partial charge >= 0.3 is 6.18 Å². The molecule has 0 bridgehead atoms. The molecule has 3 rings (SSSR count). The van der Waals surface area contributed by atoms with Crippen LogP contribution in [0.1, 0.15) is 38.2 Å². The number of rotatable bonds is 4. The molecule has 2 heterocycles. The predicted molar refractivity (Wildman–Crippen MR) is 95.4 cm³/mol. The summed E-state index contributed by atoms with van der Waals surface area (Å²) >= 11 is 0. The van der Waals surface area contributed by atoms with Gasteiger partial charge in [-0.25, -0.2) is 0 Å². The Kier molecular flexibility index (Phi) is 5.46. The molecule has 0 radical (unpaired) electrons. The van der Waals surface area contributed by atoms with E-state index in [9.17, 15) is 33.4 Å². The van der Waals surface area contributed by atoms with Crippen molar-refractivity contribution in [2.24, 2.45) is 0 Å². The maximum absolute atomic E-state index is 13.0. The van der Waals surface area contributed by atoms with Gasteiger partial charge in [-0.05, 0) is 39.2 Å². The van der Waals surface area contributed by atoms with Crippen LogP contribution in [0.3, 0.4) is 0 Å². The summed E-state index contributed by atoms with van der Waals surface area (Å²) in [7, 11) is 0. The summed E-state index contributed by atoms with van der Waals surface area (Å²) in [6.45, 7) is 3.76. The molecule has 1 atom stereocenters. The number of nitrogens with zero attached hydrogens (tertiary/aromatic N) is 4. The van der Waals surface area contributed by atoms with Gasteiger partial charge in [0.15, 0.2) is 5.69 Å². The summed E-state index contributed by atoms with van der Waals surface area (Å²) in [4.78, 5) is 24.7. The quantitative estimate of drug-likeness (QED) is 0.559. The first-order valence-corrected chi connectivity index (χ1v) is 9.14. The van der Waals surface area contributed by atoms with Crippen LogP contribution < -0.4 is 4.90 Å². The zero-order valence-corrected chi connectivity index (χ0v) is 15.3. The third kappa shape index (κ3) is 3.89. The lowest BCUT2D eigenvalue weighted by molar-refractivity contribution is -0.393. The maximum Gasteiger partial charge on any atom is 0.416 e. The monoisotopic (exact) mass is 402 g/mol. The number of nitro benzene ring substituents is 2. The summed E-state index contributed by atoms with van der Waals surface area (Å²) in [5.74, 6) is 0. The molecule has 1 aromatic carbocycles. The fourth-order valence-electron chi connectivity index (χ4n) is 4.29. The van der Waals surface area contributed by atoms with Crippen molar-refractivity contribution >= 4 is 17.1 Å². The van der Waals surface area contributed by atoms with Crippen LogP contribution in [-0.4, -0.2) is 46.5 Å². The van der Waals surface area contributed by atoms with E-state index in [1.54, 1.807) is 0 Å². The number of alkyl halides is 3. The highest BCUT2D eigenvalue weighted by molar-refractivity contribution is 5.76. The number of benzene rings is 1. The minimum absolute atomic E-state index is 0.279. The summed E-state index contributed by atoms with van der Waals surface area (Å²) < 4.78 is 39.1. The Balaban J connectivity index is 1.93. The molecule has 154 valence electrons. The van der Waals surface area contributed by atoms with Crippen LogP contribution in [-0.2, 0) is 6.18 Å². The number of likely N-dealkylation sites (tertiary alicyclic amines) is 1. The zero-order valence-electron chi connectivity index (χ0n) is 15.3. The SMILES string of the molecule is CC1CCCN1C1CCN(c2c([N+](=O)[O-])cc(C(F)(F)F)cc2[N+](=O)[O-])CC1. The number of nitro groups is 2. The summed E-state index contributed by atoms with van der Waals surface area (Å²) in [5, 5.41) is 22.8. The Hall–Kier alpha value is -2.43. The van der Waals surface area contributed by atoms with Crippen molar-refractivity contribution in [2.45, 2.75) is 50.9 Å². The third-order valence-electron chi connectivity index (χ3n) is 5.64. The average Bonchev–Trinajstić information content (AvgIpc) is 3.05. The molecule has 0 N–H and O–H groups in total. The van der Waals surface area contributed by atoms with Crippen LogP contribution in [0.2, 0.25) is 0 Å².